The molecule has 4 heteroatoms. The normalized spacial score (nSPS) is 15.1. The summed E-state index contributed by atoms with van der Waals surface area (Å²) in [6, 6.07) is 7.44. The summed E-state index contributed by atoms with van der Waals surface area (Å²) in [5, 5.41) is 13.4. The highest BCUT2D eigenvalue weighted by molar-refractivity contribution is 5.95. The van der Waals surface area contributed by atoms with Gasteiger partial charge in [-0.2, -0.15) is 0 Å². The number of carbonyl (C=O) groups is 1. The van der Waals surface area contributed by atoms with Crippen molar-refractivity contribution in [3.63, 3.8) is 0 Å². The molecule has 1 fully saturated rings. The van der Waals surface area contributed by atoms with Gasteiger partial charge >= 0.3 is 5.97 Å². The second kappa shape index (κ2) is 4.46. The fraction of sp³-hybridized carbons (Fsp3) is 0.357. The number of nitrogens with one attached hydrogen (secondary N) is 1. The number of furan rings is 1. The van der Waals surface area contributed by atoms with Crippen LogP contribution >= 0.6 is 0 Å². The van der Waals surface area contributed by atoms with Gasteiger partial charge in [-0.05, 0) is 31.4 Å². The molecule has 2 N–H and O–H groups in total. The maximum atomic E-state index is 11.2. The van der Waals surface area contributed by atoms with Crippen LogP contribution in [0.1, 0.15) is 29.0 Å². The summed E-state index contributed by atoms with van der Waals surface area (Å²) in [7, 11) is 0. The van der Waals surface area contributed by atoms with E-state index in [2.05, 4.69) is 5.32 Å². The van der Waals surface area contributed by atoms with E-state index in [1.807, 2.05) is 18.2 Å². The number of fused-ring (bicyclic) bond motifs is 1. The number of benzene rings is 1. The molecule has 0 radical (unpaired) electrons. The van der Waals surface area contributed by atoms with Crippen molar-refractivity contribution in [2.75, 3.05) is 6.54 Å². The first kappa shape index (κ1) is 11.3. The third-order valence-corrected chi connectivity index (χ3v) is 3.32. The predicted octanol–water partition coefficient (Wildman–Crippen LogP) is 2.63. The zero-order chi connectivity index (χ0) is 12.5. The topological polar surface area (TPSA) is 62.5 Å². The Morgan fingerprint density at radius 3 is 2.89 bits per heavy atom. The highest BCUT2D eigenvalue weighted by Crippen LogP contribution is 2.29. The fourth-order valence-corrected chi connectivity index (χ4v) is 2.17. The van der Waals surface area contributed by atoms with E-state index in [1.54, 1.807) is 6.07 Å². The Kier molecular flexibility index (Phi) is 2.80. The summed E-state index contributed by atoms with van der Waals surface area (Å²) in [6.07, 6.45) is 2.57. The van der Waals surface area contributed by atoms with Crippen molar-refractivity contribution >= 4 is 16.9 Å². The molecule has 94 valence electrons. The van der Waals surface area contributed by atoms with Crippen LogP contribution in [0.15, 0.2) is 28.7 Å². The quantitative estimate of drug-likeness (QED) is 0.850. The molecule has 1 aliphatic carbocycles. The first-order chi connectivity index (χ1) is 8.75. The molecule has 0 atom stereocenters. The third kappa shape index (κ3) is 2.11. The molecule has 18 heavy (non-hydrogen) atoms. The first-order valence-corrected chi connectivity index (χ1v) is 6.20. The molecule has 0 spiro atoms. The van der Waals surface area contributed by atoms with Crippen molar-refractivity contribution < 1.29 is 14.3 Å². The minimum atomic E-state index is -1.01. The molecule has 1 aromatic heterocycles. The molecular weight excluding hydrogens is 230 g/mol. The predicted molar refractivity (Wildman–Crippen MR) is 67.6 cm³/mol. The molecule has 0 bridgehead atoms. The van der Waals surface area contributed by atoms with Gasteiger partial charge in [0.2, 0.25) is 5.76 Å². The second-order valence-corrected chi connectivity index (χ2v) is 4.79. The van der Waals surface area contributed by atoms with E-state index in [-0.39, 0.29) is 5.76 Å². The van der Waals surface area contributed by atoms with Gasteiger partial charge in [0.15, 0.2) is 0 Å². The lowest BCUT2D eigenvalue weighted by molar-refractivity contribution is 0.0663. The summed E-state index contributed by atoms with van der Waals surface area (Å²) in [5.74, 6) is -0.176. The number of hydrogen-bond donors (Lipinski definition) is 2. The molecule has 1 aliphatic rings. The zero-order valence-corrected chi connectivity index (χ0v) is 9.98. The summed E-state index contributed by atoms with van der Waals surface area (Å²) < 4.78 is 5.39. The van der Waals surface area contributed by atoms with E-state index in [1.165, 1.54) is 12.8 Å². The Hall–Kier alpha value is -1.81. The number of para-hydroxylation sites is 1. The van der Waals surface area contributed by atoms with Gasteiger partial charge in [0.25, 0.3) is 0 Å². The highest BCUT2D eigenvalue weighted by atomic mass is 16.4. The van der Waals surface area contributed by atoms with Crippen molar-refractivity contribution in [2.24, 2.45) is 5.92 Å². The van der Waals surface area contributed by atoms with Crippen molar-refractivity contribution in [3.8, 4) is 0 Å². The van der Waals surface area contributed by atoms with Crippen molar-refractivity contribution in [3.05, 3.63) is 35.6 Å². The number of hydrogen-bond acceptors (Lipinski definition) is 3. The molecule has 0 unspecified atom stereocenters. The Bertz CT molecular complexity index is 584. The lowest BCUT2D eigenvalue weighted by Crippen LogP contribution is -2.17. The van der Waals surface area contributed by atoms with Crippen molar-refractivity contribution in [1.29, 1.82) is 0 Å². The van der Waals surface area contributed by atoms with Crippen LogP contribution in [0.5, 0.6) is 0 Å². The van der Waals surface area contributed by atoms with Crippen LogP contribution in [0.3, 0.4) is 0 Å². The average molecular weight is 245 g/mol. The lowest BCUT2D eigenvalue weighted by atomic mass is 10.1. The third-order valence-electron chi connectivity index (χ3n) is 3.32. The van der Waals surface area contributed by atoms with E-state index < -0.39 is 5.97 Å². The van der Waals surface area contributed by atoms with Crippen LogP contribution in [0.2, 0.25) is 0 Å². The van der Waals surface area contributed by atoms with Crippen LogP contribution in [0.4, 0.5) is 0 Å². The summed E-state index contributed by atoms with van der Waals surface area (Å²) in [5.41, 5.74) is 1.39. The zero-order valence-electron chi connectivity index (χ0n) is 9.98. The number of carboxylic acids is 1. The first-order valence-electron chi connectivity index (χ1n) is 6.20. The van der Waals surface area contributed by atoms with Crippen LogP contribution in [0, 0.1) is 5.92 Å². The van der Waals surface area contributed by atoms with Crippen LogP contribution < -0.4 is 5.32 Å². The lowest BCUT2D eigenvalue weighted by Gasteiger charge is -2.02. The molecule has 2 aromatic rings. The van der Waals surface area contributed by atoms with E-state index in [0.717, 1.165) is 23.4 Å². The summed E-state index contributed by atoms with van der Waals surface area (Å²) in [4.78, 5) is 11.2. The molecule has 1 heterocycles. The van der Waals surface area contributed by atoms with Crippen molar-refractivity contribution in [1.82, 2.24) is 5.32 Å². The number of carboxylic acid groups (broad SMARTS) is 1. The van der Waals surface area contributed by atoms with Crippen LogP contribution in [-0.4, -0.2) is 17.6 Å². The number of rotatable bonds is 5. The minimum Gasteiger partial charge on any atom is -0.475 e. The maximum Gasteiger partial charge on any atom is 0.372 e. The largest absolute Gasteiger partial charge is 0.475 e. The van der Waals surface area contributed by atoms with E-state index in [0.29, 0.717) is 12.1 Å². The number of aromatic carboxylic acids is 1. The molecule has 1 aromatic carbocycles. The Morgan fingerprint density at radius 1 is 1.39 bits per heavy atom. The minimum absolute atomic E-state index is 0.0551. The van der Waals surface area contributed by atoms with Gasteiger partial charge in [-0.15, -0.1) is 0 Å². The Morgan fingerprint density at radius 2 is 2.17 bits per heavy atom. The molecule has 0 amide bonds. The van der Waals surface area contributed by atoms with E-state index in [9.17, 15) is 4.79 Å². The monoisotopic (exact) mass is 245 g/mol. The maximum absolute atomic E-state index is 11.2. The van der Waals surface area contributed by atoms with Crippen LogP contribution in [-0.2, 0) is 6.54 Å². The van der Waals surface area contributed by atoms with Crippen molar-refractivity contribution in [2.45, 2.75) is 19.4 Å². The molecule has 3 rings (SSSR count). The molecular formula is C14H15NO3. The van der Waals surface area contributed by atoms with Gasteiger partial charge in [-0.1, -0.05) is 18.2 Å². The Balaban J connectivity index is 1.90. The molecule has 0 saturated heterocycles. The SMILES string of the molecule is O=C(O)c1oc2ccccc2c1CNCC1CC1. The Labute approximate surface area is 105 Å². The van der Waals surface area contributed by atoms with Gasteiger partial charge in [0, 0.05) is 17.5 Å². The van der Waals surface area contributed by atoms with Gasteiger partial charge in [-0.25, -0.2) is 4.79 Å². The average Bonchev–Trinajstić information content (AvgIpc) is 3.10. The van der Waals surface area contributed by atoms with E-state index in [4.69, 9.17) is 9.52 Å². The summed E-state index contributed by atoms with van der Waals surface area (Å²) >= 11 is 0. The van der Waals surface area contributed by atoms with Gasteiger partial charge in [0.1, 0.15) is 5.58 Å². The molecule has 0 aliphatic heterocycles. The van der Waals surface area contributed by atoms with E-state index >= 15 is 0 Å². The van der Waals surface area contributed by atoms with Crippen LogP contribution in [0.25, 0.3) is 11.0 Å². The second-order valence-electron chi connectivity index (χ2n) is 4.79. The standard InChI is InChI=1S/C14H15NO3/c16-14(17)13-11(8-15-7-9-5-6-9)10-3-1-2-4-12(10)18-13/h1-4,9,15H,5-8H2,(H,16,17). The van der Waals surface area contributed by atoms with Gasteiger partial charge < -0.3 is 14.8 Å². The molecule has 1 saturated carbocycles. The summed E-state index contributed by atoms with van der Waals surface area (Å²) in [6.45, 7) is 1.51. The smallest absolute Gasteiger partial charge is 0.372 e. The van der Waals surface area contributed by atoms with Gasteiger partial charge in [-0.3, -0.25) is 0 Å². The van der Waals surface area contributed by atoms with Gasteiger partial charge in [0.05, 0.1) is 0 Å². The highest BCUT2D eigenvalue weighted by Gasteiger charge is 2.22. The fourth-order valence-electron chi connectivity index (χ4n) is 2.17. The molecule has 4 nitrogen and oxygen atoms in total.